The summed E-state index contributed by atoms with van der Waals surface area (Å²) in [5.41, 5.74) is 3.37. The van der Waals surface area contributed by atoms with Gasteiger partial charge in [-0.05, 0) is 57.4 Å². The summed E-state index contributed by atoms with van der Waals surface area (Å²) in [6.45, 7) is 5.13. The van der Waals surface area contributed by atoms with Gasteiger partial charge in [-0.2, -0.15) is 0 Å². The zero-order chi connectivity index (χ0) is 17.6. The summed E-state index contributed by atoms with van der Waals surface area (Å²) in [6, 6.07) is 14.7. The van der Waals surface area contributed by atoms with E-state index in [0.29, 0.717) is 6.04 Å². The van der Waals surface area contributed by atoms with E-state index in [-0.39, 0.29) is 30.3 Å². The lowest BCUT2D eigenvalue weighted by atomic mass is 9.91. The summed E-state index contributed by atoms with van der Waals surface area (Å²) in [5.74, 6) is 0.233. The van der Waals surface area contributed by atoms with Crippen LogP contribution in [0.25, 0.3) is 0 Å². The van der Waals surface area contributed by atoms with Gasteiger partial charge in [0.2, 0.25) is 5.91 Å². The number of aromatic nitrogens is 1. The van der Waals surface area contributed by atoms with E-state index in [9.17, 15) is 4.79 Å². The molecule has 26 heavy (non-hydrogen) atoms. The minimum absolute atomic E-state index is 0. The van der Waals surface area contributed by atoms with E-state index in [2.05, 4.69) is 53.7 Å². The number of amides is 1. The van der Waals surface area contributed by atoms with Crippen LogP contribution in [0.2, 0.25) is 0 Å². The van der Waals surface area contributed by atoms with E-state index < -0.39 is 0 Å². The molecular formula is C21H28ClN3O. The molecule has 1 aromatic heterocycles. The maximum absolute atomic E-state index is 12.8. The maximum atomic E-state index is 12.8. The van der Waals surface area contributed by atoms with Gasteiger partial charge in [0.15, 0.2) is 0 Å². The molecule has 1 aromatic carbocycles. The van der Waals surface area contributed by atoms with Crippen molar-refractivity contribution in [3.05, 3.63) is 65.5 Å². The summed E-state index contributed by atoms with van der Waals surface area (Å²) in [4.78, 5) is 17.3. The number of nitrogens with zero attached hydrogens (tertiary/aromatic N) is 1. The largest absolute Gasteiger partial charge is 0.347 e. The topological polar surface area (TPSA) is 54.0 Å². The lowest BCUT2D eigenvalue weighted by molar-refractivity contribution is -0.126. The van der Waals surface area contributed by atoms with Crippen molar-refractivity contribution in [3.63, 3.8) is 0 Å². The summed E-state index contributed by atoms with van der Waals surface area (Å²) in [6.07, 6.45) is 4.33. The lowest BCUT2D eigenvalue weighted by Crippen LogP contribution is -2.43. The number of aryl methyl sites for hydroxylation is 1. The van der Waals surface area contributed by atoms with Crippen LogP contribution in [-0.2, 0) is 11.2 Å². The summed E-state index contributed by atoms with van der Waals surface area (Å²) in [7, 11) is 0. The molecule has 0 aliphatic carbocycles. The molecule has 140 valence electrons. The van der Waals surface area contributed by atoms with Crippen molar-refractivity contribution in [1.29, 1.82) is 0 Å². The van der Waals surface area contributed by atoms with Crippen molar-refractivity contribution >= 4 is 18.3 Å². The number of nitrogens with one attached hydrogen (secondary N) is 2. The molecule has 2 aromatic rings. The van der Waals surface area contributed by atoms with Gasteiger partial charge in [0, 0.05) is 18.2 Å². The Morgan fingerprint density at radius 3 is 2.69 bits per heavy atom. The van der Waals surface area contributed by atoms with Gasteiger partial charge in [-0.1, -0.05) is 35.9 Å². The number of carbonyl (C=O) groups excluding carboxylic acids is 1. The molecule has 1 aliphatic rings. The third kappa shape index (κ3) is 5.55. The Labute approximate surface area is 162 Å². The number of piperidine rings is 1. The first-order valence-corrected chi connectivity index (χ1v) is 9.12. The Balaban J connectivity index is 0.00000243. The highest BCUT2D eigenvalue weighted by Gasteiger charge is 2.27. The first-order valence-electron chi connectivity index (χ1n) is 9.12. The molecule has 1 fully saturated rings. The van der Waals surface area contributed by atoms with E-state index in [1.165, 1.54) is 11.1 Å². The Bertz CT molecular complexity index is 690. The molecule has 4 nitrogen and oxygen atoms in total. The Morgan fingerprint density at radius 1 is 1.27 bits per heavy atom. The third-order valence-corrected chi connectivity index (χ3v) is 4.92. The van der Waals surface area contributed by atoms with E-state index in [1.54, 1.807) is 6.20 Å². The van der Waals surface area contributed by atoms with Crippen molar-refractivity contribution < 1.29 is 4.79 Å². The fraction of sp³-hybridized carbons (Fsp3) is 0.429. The van der Waals surface area contributed by atoms with Gasteiger partial charge in [0.05, 0.1) is 11.7 Å². The van der Waals surface area contributed by atoms with Gasteiger partial charge in [-0.25, -0.2) is 0 Å². The predicted octanol–water partition coefficient (Wildman–Crippen LogP) is 3.60. The normalized spacial score (nSPS) is 20.7. The molecule has 3 atom stereocenters. The van der Waals surface area contributed by atoms with Crippen molar-refractivity contribution in [2.45, 2.75) is 45.2 Å². The van der Waals surface area contributed by atoms with Gasteiger partial charge in [-0.15, -0.1) is 12.4 Å². The molecule has 0 saturated carbocycles. The van der Waals surface area contributed by atoms with Crippen LogP contribution in [0.4, 0.5) is 0 Å². The van der Waals surface area contributed by atoms with Crippen LogP contribution in [0.1, 0.15) is 42.6 Å². The predicted molar refractivity (Wildman–Crippen MR) is 107 cm³/mol. The van der Waals surface area contributed by atoms with Crippen LogP contribution in [0.3, 0.4) is 0 Å². The second kappa shape index (κ2) is 9.70. The Kier molecular flexibility index (Phi) is 7.61. The monoisotopic (exact) mass is 373 g/mol. The molecule has 2 N–H and O–H groups in total. The standard InChI is InChI=1S/C21H27N3O.ClH/c1-15-6-8-17(9-7-15)14-20(19-5-3-4-11-23-19)24-21(25)18-10-12-22-16(2)13-18;/h3-9,11,16,18,20,22H,10,12-14H2,1-2H3,(H,24,25);1H/t16-,18-,20?;/m0./s1. The number of benzene rings is 1. The molecule has 0 radical (unpaired) electrons. The highest BCUT2D eigenvalue weighted by atomic mass is 35.5. The Hall–Kier alpha value is -1.91. The highest BCUT2D eigenvalue weighted by Crippen LogP contribution is 2.21. The first kappa shape index (κ1) is 20.4. The Morgan fingerprint density at radius 2 is 2.04 bits per heavy atom. The molecule has 0 spiro atoms. The third-order valence-electron chi connectivity index (χ3n) is 4.92. The zero-order valence-corrected chi connectivity index (χ0v) is 16.3. The van der Waals surface area contributed by atoms with Gasteiger partial charge in [0.1, 0.15) is 0 Å². The second-order valence-corrected chi connectivity index (χ2v) is 7.08. The fourth-order valence-electron chi connectivity index (χ4n) is 3.43. The van der Waals surface area contributed by atoms with Crippen LogP contribution in [0, 0.1) is 12.8 Å². The summed E-state index contributed by atoms with van der Waals surface area (Å²) in [5, 5.41) is 6.66. The molecule has 1 aliphatic heterocycles. The molecular weight excluding hydrogens is 346 g/mol. The minimum Gasteiger partial charge on any atom is -0.347 e. The van der Waals surface area contributed by atoms with Crippen LogP contribution in [0.15, 0.2) is 48.7 Å². The van der Waals surface area contributed by atoms with Gasteiger partial charge in [-0.3, -0.25) is 9.78 Å². The van der Waals surface area contributed by atoms with Crippen LogP contribution in [-0.4, -0.2) is 23.5 Å². The molecule has 3 rings (SSSR count). The number of hydrogen-bond donors (Lipinski definition) is 2. The average molecular weight is 374 g/mol. The van der Waals surface area contributed by atoms with Crippen molar-refractivity contribution in [2.24, 2.45) is 5.92 Å². The van der Waals surface area contributed by atoms with Crippen molar-refractivity contribution in [1.82, 2.24) is 15.6 Å². The van der Waals surface area contributed by atoms with E-state index in [0.717, 1.165) is 31.5 Å². The highest BCUT2D eigenvalue weighted by molar-refractivity contribution is 5.85. The zero-order valence-electron chi connectivity index (χ0n) is 15.4. The number of halogens is 1. The van der Waals surface area contributed by atoms with Crippen molar-refractivity contribution in [2.75, 3.05) is 6.54 Å². The summed E-state index contributed by atoms with van der Waals surface area (Å²) >= 11 is 0. The molecule has 2 heterocycles. The van der Waals surface area contributed by atoms with Crippen molar-refractivity contribution in [3.8, 4) is 0 Å². The minimum atomic E-state index is -0.0957. The summed E-state index contributed by atoms with van der Waals surface area (Å²) < 4.78 is 0. The number of carbonyl (C=O) groups is 1. The smallest absolute Gasteiger partial charge is 0.223 e. The van der Waals surface area contributed by atoms with E-state index in [1.807, 2.05) is 18.2 Å². The van der Waals surface area contributed by atoms with Crippen LogP contribution in [0.5, 0.6) is 0 Å². The lowest BCUT2D eigenvalue weighted by Gasteiger charge is -2.29. The number of rotatable bonds is 5. The molecule has 1 amide bonds. The van der Waals surface area contributed by atoms with Gasteiger partial charge >= 0.3 is 0 Å². The average Bonchev–Trinajstić information content (AvgIpc) is 2.63. The number of hydrogen-bond acceptors (Lipinski definition) is 3. The molecule has 0 bridgehead atoms. The SMILES string of the molecule is Cc1ccc(CC(NC(=O)[C@H]2CCN[C@@H](C)C2)c2ccccn2)cc1.Cl. The molecule has 1 saturated heterocycles. The second-order valence-electron chi connectivity index (χ2n) is 7.08. The van der Waals surface area contributed by atoms with E-state index in [4.69, 9.17) is 0 Å². The van der Waals surface area contributed by atoms with Gasteiger partial charge in [0.25, 0.3) is 0 Å². The van der Waals surface area contributed by atoms with Gasteiger partial charge < -0.3 is 10.6 Å². The van der Waals surface area contributed by atoms with E-state index >= 15 is 0 Å². The fourth-order valence-corrected chi connectivity index (χ4v) is 3.43. The van der Waals surface area contributed by atoms with Crippen LogP contribution < -0.4 is 10.6 Å². The quantitative estimate of drug-likeness (QED) is 0.841. The number of pyridine rings is 1. The first-order chi connectivity index (χ1) is 12.1. The van der Waals surface area contributed by atoms with Crippen LogP contribution >= 0.6 is 12.4 Å². The molecule has 5 heteroatoms. The maximum Gasteiger partial charge on any atom is 0.223 e. The molecule has 1 unspecified atom stereocenters.